The van der Waals surface area contributed by atoms with Crippen LogP contribution in [0.2, 0.25) is 5.02 Å². The second-order valence-electron chi connectivity index (χ2n) is 2.37. The molecule has 2 rings (SSSR count). The Kier molecular flexibility index (Phi) is 1.48. The van der Waals surface area contributed by atoms with Gasteiger partial charge in [0.05, 0.1) is 10.4 Å². The Morgan fingerprint density at radius 2 is 2.17 bits per heavy atom. The molecule has 0 fully saturated rings. The first kappa shape index (κ1) is 7.43. The Hall–Kier alpha value is -1.22. The third kappa shape index (κ3) is 0.865. The molecule has 1 amide bonds. The number of hydrogen-bond acceptors (Lipinski definition) is 1. The van der Waals surface area contributed by atoms with Crippen molar-refractivity contribution in [2.75, 3.05) is 0 Å². The van der Waals surface area contributed by atoms with Crippen LogP contribution in [-0.4, -0.2) is 5.91 Å². The van der Waals surface area contributed by atoms with Crippen LogP contribution in [0.5, 0.6) is 0 Å². The number of carbonyl (C=O) groups is 1. The molecule has 1 aromatic rings. The zero-order valence-corrected chi connectivity index (χ0v) is 6.60. The van der Waals surface area contributed by atoms with E-state index in [0.717, 1.165) is 0 Å². The van der Waals surface area contributed by atoms with Crippen LogP contribution in [-0.2, 0) is 4.79 Å². The van der Waals surface area contributed by atoms with Crippen molar-refractivity contribution in [2.45, 2.75) is 0 Å². The van der Waals surface area contributed by atoms with E-state index in [-0.39, 0.29) is 10.6 Å². The van der Waals surface area contributed by atoms with Crippen molar-refractivity contribution in [1.29, 1.82) is 0 Å². The molecule has 1 aliphatic rings. The van der Waals surface area contributed by atoms with Gasteiger partial charge in [0.2, 0.25) is 0 Å². The first-order valence-corrected chi connectivity index (χ1v) is 3.65. The monoisotopic (exact) mass is 183 g/mol. The van der Waals surface area contributed by atoms with E-state index in [1.54, 1.807) is 12.1 Å². The quantitative estimate of drug-likeness (QED) is 0.579. The molecule has 60 valence electrons. The molecular weight excluding hydrogens is 181 g/mol. The van der Waals surface area contributed by atoms with Gasteiger partial charge in [0.1, 0.15) is 0 Å². The summed E-state index contributed by atoms with van der Waals surface area (Å²) < 4.78 is 12.9. The standard InChI is InChI=1S/C8H3ClFNO/c9-5-3-1-2-4-6(10)8(12)11-7(4)5/h1-3H. The number of hydrogen-bond donors (Lipinski definition) is 0. The highest BCUT2D eigenvalue weighted by molar-refractivity contribution is 6.30. The molecule has 0 bridgehead atoms. The first-order valence-electron chi connectivity index (χ1n) is 3.27. The lowest BCUT2D eigenvalue weighted by molar-refractivity contribution is -0.113. The zero-order chi connectivity index (χ0) is 8.72. The Morgan fingerprint density at radius 3 is 2.83 bits per heavy atom. The molecule has 1 aliphatic heterocycles. The van der Waals surface area contributed by atoms with Crippen molar-refractivity contribution >= 4 is 23.3 Å². The fraction of sp³-hybridized carbons (Fsp3) is 0. The molecule has 0 unspecified atom stereocenters. The van der Waals surface area contributed by atoms with Gasteiger partial charge in [-0.25, -0.2) is 9.38 Å². The number of halogens is 2. The molecule has 0 spiro atoms. The maximum atomic E-state index is 12.9. The maximum absolute atomic E-state index is 12.9. The highest BCUT2D eigenvalue weighted by atomic mass is 35.5. The molecule has 1 aromatic carbocycles. The molecule has 4 heteroatoms. The highest BCUT2D eigenvalue weighted by Crippen LogP contribution is 2.04. The van der Waals surface area contributed by atoms with Crippen molar-refractivity contribution in [3.8, 4) is 0 Å². The van der Waals surface area contributed by atoms with Crippen LogP contribution in [0.25, 0.3) is 5.83 Å². The molecule has 0 atom stereocenters. The summed E-state index contributed by atoms with van der Waals surface area (Å²) in [4.78, 5) is 14.2. The van der Waals surface area contributed by atoms with Crippen molar-refractivity contribution in [1.82, 2.24) is 0 Å². The minimum atomic E-state index is -0.849. The van der Waals surface area contributed by atoms with Crippen LogP contribution < -0.4 is 10.6 Å². The lowest BCUT2D eigenvalue weighted by atomic mass is 10.3. The average Bonchev–Trinajstić information content (AvgIpc) is 2.32. The summed E-state index contributed by atoms with van der Waals surface area (Å²) in [7, 11) is 0. The lowest BCUT2D eigenvalue weighted by Gasteiger charge is -1.85. The molecule has 0 radical (unpaired) electrons. The number of para-hydroxylation sites is 1. The van der Waals surface area contributed by atoms with Crippen LogP contribution in [0.3, 0.4) is 0 Å². The van der Waals surface area contributed by atoms with Gasteiger partial charge in [-0.1, -0.05) is 17.7 Å². The summed E-state index contributed by atoms with van der Waals surface area (Å²) in [6.07, 6.45) is 0. The number of amides is 1. The van der Waals surface area contributed by atoms with Crippen LogP contribution >= 0.6 is 11.6 Å². The summed E-state index contributed by atoms with van der Waals surface area (Å²) >= 11 is 5.67. The number of benzene rings is 1. The van der Waals surface area contributed by atoms with Crippen LogP contribution in [0.1, 0.15) is 0 Å². The number of nitrogens with zero attached hydrogens (tertiary/aromatic N) is 1. The average molecular weight is 184 g/mol. The summed E-state index contributed by atoms with van der Waals surface area (Å²) in [5.74, 6) is -1.68. The Bertz CT molecular complexity index is 480. The van der Waals surface area contributed by atoms with Crippen LogP contribution in [0.15, 0.2) is 23.2 Å². The van der Waals surface area contributed by atoms with Crippen molar-refractivity contribution in [2.24, 2.45) is 4.99 Å². The zero-order valence-electron chi connectivity index (χ0n) is 5.84. The van der Waals surface area contributed by atoms with E-state index in [9.17, 15) is 9.18 Å². The molecule has 1 heterocycles. The highest BCUT2D eigenvalue weighted by Gasteiger charge is 2.16. The van der Waals surface area contributed by atoms with Crippen LogP contribution in [0, 0.1) is 0 Å². The van der Waals surface area contributed by atoms with Gasteiger partial charge in [-0.2, -0.15) is 0 Å². The summed E-state index contributed by atoms with van der Waals surface area (Å²) in [6, 6.07) is 4.62. The van der Waals surface area contributed by atoms with E-state index >= 15 is 0 Å². The summed E-state index contributed by atoms with van der Waals surface area (Å²) in [6.45, 7) is 0. The topological polar surface area (TPSA) is 29.4 Å². The molecule has 12 heavy (non-hydrogen) atoms. The largest absolute Gasteiger partial charge is 0.307 e. The molecule has 0 saturated carbocycles. The van der Waals surface area contributed by atoms with Crippen LogP contribution in [0.4, 0.5) is 4.39 Å². The predicted octanol–water partition coefficient (Wildman–Crippen LogP) is 0.577. The molecule has 0 saturated heterocycles. The Labute approximate surface area is 72.0 Å². The van der Waals surface area contributed by atoms with Gasteiger partial charge in [-0.15, -0.1) is 0 Å². The maximum Gasteiger partial charge on any atom is 0.307 e. The molecule has 0 aromatic heterocycles. The second-order valence-corrected chi connectivity index (χ2v) is 2.77. The molecule has 0 N–H and O–H groups in total. The Morgan fingerprint density at radius 1 is 1.42 bits per heavy atom. The summed E-state index contributed by atoms with van der Waals surface area (Å²) in [5.41, 5.74) is 0. The Balaban J connectivity index is 3.02. The third-order valence-electron chi connectivity index (χ3n) is 1.62. The van der Waals surface area contributed by atoms with E-state index < -0.39 is 11.7 Å². The summed E-state index contributed by atoms with van der Waals surface area (Å²) in [5, 5.41) is 0.725. The van der Waals surface area contributed by atoms with Gasteiger partial charge in [-0.3, -0.25) is 4.79 Å². The number of fused-ring (bicyclic) bond motifs is 1. The first-order chi connectivity index (χ1) is 5.70. The SMILES string of the molecule is O=C1N=c2c(Cl)cccc2=C1F. The van der Waals surface area contributed by atoms with Gasteiger partial charge < -0.3 is 0 Å². The predicted molar refractivity (Wildman–Crippen MR) is 41.8 cm³/mol. The molecule has 0 aliphatic carbocycles. The number of rotatable bonds is 0. The fourth-order valence-corrected chi connectivity index (χ4v) is 1.29. The van der Waals surface area contributed by atoms with E-state index in [0.29, 0.717) is 5.02 Å². The van der Waals surface area contributed by atoms with Gasteiger partial charge >= 0.3 is 5.91 Å². The minimum Gasteiger partial charge on any atom is -0.264 e. The second kappa shape index (κ2) is 2.38. The van der Waals surface area contributed by atoms with Crippen molar-refractivity contribution in [3.05, 3.63) is 33.8 Å². The smallest absolute Gasteiger partial charge is 0.264 e. The molecule has 2 nitrogen and oxygen atoms in total. The lowest BCUT2D eigenvalue weighted by Crippen LogP contribution is -2.22. The van der Waals surface area contributed by atoms with E-state index in [4.69, 9.17) is 11.6 Å². The normalized spacial score (nSPS) is 14.5. The molecular formula is C8H3ClFNO. The van der Waals surface area contributed by atoms with Gasteiger partial charge in [-0.05, 0) is 12.1 Å². The van der Waals surface area contributed by atoms with Gasteiger partial charge in [0.15, 0.2) is 5.83 Å². The fourth-order valence-electron chi connectivity index (χ4n) is 1.07. The van der Waals surface area contributed by atoms with Crippen molar-refractivity contribution in [3.63, 3.8) is 0 Å². The van der Waals surface area contributed by atoms with Crippen molar-refractivity contribution < 1.29 is 9.18 Å². The van der Waals surface area contributed by atoms with E-state index in [1.807, 2.05) is 0 Å². The van der Waals surface area contributed by atoms with Gasteiger partial charge in [0, 0.05) is 5.22 Å². The van der Waals surface area contributed by atoms with E-state index in [2.05, 4.69) is 4.99 Å². The third-order valence-corrected chi connectivity index (χ3v) is 1.93. The number of carbonyl (C=O) groups excluding carboxylic acids is 1. The minimum absolute atomic E-state index is 0.188. The van der Waals surface area contributed by atoms with Gasteiger partial charge in [0.25, 0.3) is 0 Å². The van der Waals surface area contributed by atoms with E-state index in [1.165, 1.54) is 6.07 Å².